The van der Waals surface area contributed by atoms with E-state index in [1.54, 1.807) is 0 Å². The molecule has 0 spiro atoms. The standard InChI is InChI=1S/C15H16F3N3O6/c1-3-27-12(22)10-11(8-6-4-5-7-9(8)21(25)26)19-13(23)20(2)14(10,24)15(16,17)18/h4-7,10-11,24H,3H2,1-2H3,(H,19,23)/t10-,11-,14+/m0/s1. The number of urea groups is 1. The zero-order valence-corrected chi connectivity index (χ0v) is 14.2. The summed E-state index contributed by atoms with van der Waals surface area (Å²) < 4.78 is 45.9. The molecular weight excluding hydrogens is 375 g/mol. The molecule has 0 bridgehead atoms. The number of aliphatic hydroxyl groups is 1. The van der Waals surface area contributed by atoms with Gasteiger partial charge in [0.15, 0.2) is 0 Å². The molecule has 148 valence electrons. The lowest BCUT2D eigenvalue weighted by molar-refractivity contribution is -0.386. The van der Waals surface area contributed by atoms with Crippen molar-refractivity contribution in [2.45, 2.75) is 24.9 Å². The smallest absolute Gasteiger partial charge is 0.437 e. The topological polar surface area (TPSA) is 122 Å². The molecule has 27 heavy (non-hydrogen) atoms. The lowest BCUT2D eigenvalue weighted by Crippen LogP contribution is -2.73. The number of ether oxygens (including phenoxy) is 1. The molecule has 1 aromatic carbocycles. The molecule has 0 aromatic heterocycles. The van der Waals surface area contributed by atoms with Crippen molar-refractivity contribution in [3.8, 4) is 0 Å². The minimum absolute atomic E-state index is 0.0696. The first kappa shape index (κ1) is 20.4. The van der Waals surface area contributed by atoms with Gasteiger partial charge in [0, 0.05) is 13.1 Å². The van der Waals surface area contributed by atoms with E-state index >= 15 is 0 Å². The molecule has 0 unspecified atom stereocenters. The van der Waals surface area contributed by atoms with E-state index in [0.29, 0.717) is 7.05 Å². The number of carbonyl (C=O) groups is 2. The van der Waals surface area contributed by atoms with Gasteiger partial charge in [0.1, 0.15) is 5.92 Å². The molecule has 1 fully saturated rings. The second kappa shape index (κ2) is 7.02. The third kappa shape index (κ3) is 3.27. The van der Waals surface area contributed by atoms with Crippen LogP contribution in [-0.4, -0.2) is 52.5 Å². The van der Waals surface area contributed by atoms with Crippen LogP contribution < -0.4 is 5.32 Å². The molecular formula is C15H16F3N3O6. The number of nitrogens with one attached hydrogen (secondary N) is 1. The number of alkyl halides is 3. The molecule has 0 saturated carbocycles. The van der Waals surface area contributed by atoms with Crippen molar-refractivity contribution < 1.29 is 37.5 Å². The van der Waals surface area contributed by atoms with Crippen LogP contribution in [0.4, 0.5) is 23.7 Å². The maximum Gasteiger partial charge on any atom is 0.437 e. The van der Waals surface area contributed by atoms with E-state index in [2.05, 4.69) is 10.1 Å². The van der Waals surface area contributed by atoms with Gasteiger partial charge in [-0.2, -0.15) is 13.2 Å². The first-order valence-corrected chi connectivity index (χ1v) is 7.70. The maximum absolute atomic E-state index is 13.7. The minimum atomic E-state index is -5.45. The lowest BCUT2D eigenvalue weighted by Gasteiger charge is -2.48. The van der Waals surface area contributed by atoms with Crippen molar-refractivity contribution in [2.24, 2.45) is 5.92 Å². The molecule has 2 rings (SSSR count). The van der Waals surface area contributed by atoms with Gasteiger partial charge in [0.05, 0.1) is 23.1 Å². The largest absolute Gasteiger partial charge is 0.466 e. The summed E-state index contributed by atoms with van der Waals surface area (Å²) in [5.74, 6) is -3.87. The SMILES string of the molecule is CCOC(=O)[C@@H]1[C@H](c2ccccc2[N+](=O)[O-])NC(=O)N(C)[C@]1(O)C(F)(F)F. The number of nitro benzene ring substituents is 1. The van der Waals surface area contributed by atoms with E-state index in [4.69, 9.17) is 0 Å². The number of benzene rings is 1. The van der Waals surface area contributed by atoms with Gasteiger partial charge in [-0.05, 0) is 6.92 Å². The van der Waals surface area contributed by atoms with Crippen molar-refractivity contribution >= 4 is 17.7 Å². The molecule has 2 N–H and O–H groups in total. The Hall–Kier alpha value is -2.89. The van der Waals surface area contributed by atoms with E-state index in [1.807, 2.05) is 0 Å². The van der Waals surface area contributed by atoms with E-state index in [0.717, 1.165) is 12.1 Å². The summed E-state index contributed by atoms with van der Waals surface area (Å²) in [4.78, 5) is 34.7. The normalized spacial score (nSPS) is 25.7. The van der Waals surface area contributed by atoms with Gasteiger partial charge in [-0.15, -0.1) is 0 Å². The highest BCUT2D eigenvalue weighted by Crippen LogP contribution is 2.48. The molecule has 0 aliphatic carbocycles. The first-order chi connectivity index (χ1) is 12.5. The predicted octanol–water partition coefficient (Wildman–Crippen LogP) is 1.72. The van der Waals surface area contributed by atoms with Crippen molar-refractivity contribution in [1.29, 1.82) is 0 Å². The van der Waals surface area contributed by atoms with Gasteiger partial charge in [-0.1, -0.05) is 18.2 Å². The number of amides is 2. The zero-order chi connectivity index (χ0) is 20.6. The number of nitro groups is 1. The molecule has 1 aliphatic heterocycles. The number of hydrogen-bond acceptors (Lipinski definition) is 6. The average Bonchev–Trinajstić information content (AvgIpc) is 2.58. The Morgan fingerprint density at radius 3 is 2.56 bits per heavy atom. The second-order valence-electron chi connectivity index (χ2n) is 5.76. The molecule has 9 nitrogen and oxygen atoms in total. The van der Waals surface area contributed by atoms with Gasteiger partial charge in [0.2, 0.25) is 0 Å². The zero-order valence-electron chi connectivity index (χ0n) is 14.2. The van der Waals surface area contributed by atoms with Gasteiger partial charge >= 0.3 is 18.2 Å². The van der Waals surface area contributed by atoms with Crippen LogP contribution in [0.15, 0.2) is 24.3 Å². The molecule has 1 aliphatic rings. The number of nitrogens with zero attached hydrogens (tertiary/aromatic N) is 2. The van der Waals surface area contributed by atoms with Crippen molar-refractivity contribution in [3.05, 3.63) is 39.9 Å². The maximum atomic E-state index is 13.7. The molecule has 2 amide bonds. The Balaban J connectivity index is 2.73. The predicted molar refractivity (Wildman–Crippen MR) is 83.3 cm³/mol. The first-order valence-electron chi connectivity index (χ1n) is 7.70. The third-order valence-electron chi connectivity index (χ3n) is 4.29. The number of esters is 1. The van der Waals surface area contributed by atoms with Crippen LogP contribution in [0.25, 0.3) is 0 Å². The van der Waals surface area contributed by atoms with Crippen LogP contribution in [0.3, 0.4) is 0 Å². The number of carbonyl (C=O) groups excluding carboxylic acids is 2. The summed E-state index contributed by atoms with van der Waals surface area (Å²) in [5, 5.41) is 23.8. The second-order valence-corrected chi connectivity index (χ2v) is 5.76. The van der Waals surface area contributed by atoms with Gasteiger partial charge in [-0.25, -0.2) is 4.79 Å². The minimum Gasteiger partial charge on any atom is -0.466 e. The molecule has 1 aromatic rings. The monoisotopic (exact) mass is 391 g/mol. The molecule has 1 heterocycles. The third-order valence-corrected chi connectivity index (χ3v) is 4.29. The van der Waals surface area contributed by atoms with E-state index < -0.39 is 46.5 Å². The Morgan fingerprint density at radius 1 is 1.44 bits per heavy atom. The van der Waals surface area contributed by atoms with Crippen molar-refractivity contribution in [1.82, 2.24) is 10.2 Å². The molecule has 3 atom stereocenters. The van der Waals surface area contributed by atoms with Crippen molar-refractivity contribution in [3.63, 3.8) is 0 Å². The van der Waals surface area contributed by atoms with Crippen LogP contribution in [-0.2, 0) is 9.53 Å². The molecule has 0 radical (unpaired) electrons. The average molecular weight is 391 g/mol. The Kier molecular flexibility index (Phi) is 5.31. The lowest BCUT2D eigenvalue weighted by atomic mass is 9.80. The number of hydrogen-bond donors (Lipinski definition) is 2. The summed E-state index contributed by atoms with van der Waals surface area (Å²) >= 11 is 0. The summed E-state index contributed by atoms with van der Waals surface area (Å²) in [5.41, 5.74) is -4.92. The molecule has 1 saturated heterocycles. The summed E-state index contributed by atoms with van der Waals surface area (Å²) in [7, 11) is 0.657. The van der Waals surface area contributed by atoms with Crippen LogP contribution in [0.2, 0.25) is 0 Å². The summed E-state index contributed by atoms with van der Waals surface area (Å²) in [6, 6.07) is 1.46. The van der Waals surface area contributed by atoms with Crippen LogP contribution in [0.5, 0.6) is 0 Å². The summed E-state index contributed by atoms with van der Waals surface area (Å²) in [6.07, 6.45) is -5.45. The van der Waals surface area contributed by atoms with Gasteiger partial charge < -0.3 is 15.2 Å². The number of halogens is 3. The van der Waals surface area contributed by atoms with Crippen LogP contribution >= 0.6 is 0 Å². The van der Waals surface area contributed by atoms with Crippen LogP contribution in [0, 0.1) is 16.0 Å². The quantitative estimate of drug-likeness (QED) is 0.458. The highest BCUT2D eigenvalue weighted by Gasteiger charge is 2.70. The number of para-hydroxylation sites is 1. The fourth-order valence-corrected chi connectivity index (χ4v) is 2.98. The molecule has 12 heteroatoms. The fourth-order valence-electron chi connectivity index (χ4n) is 2.98. The Labute approximate surface area is 150 Å². The summed E-state index contributed by atoms with van der Waals surface area (Å²) in [6.45, 7) is 1.04. The van der Waals surface area contributed by atoms with Crippen LogP contribution in [0.1, 0.15) is 18.5 Å². The highest BCUT2D eigenvalue weighted by atomic mass is 19.4. The Bertz CT molecular complexity index is 771. The van der Waals surface area contributed by atoms with Gasteiger partial charge in [0.25, 0.3) is 11.4 Å². The Morgan fingerprint density at radius 2 is 2.04 bits per heavy atom. The van der Waals surface area contributed by atoms with E-state index in [1.165, 1.54) is 19.1 Å². The van der Waals surface area contributed by atoms with Crippen molar-refractivity contribution in [2.75, 3.05) is 13.7 Å². The highest BCUT2D eigenvalue weighted by molar-refractivity contribution is 5.83. The fraction of sp³-hybridized carbons (Fsp3) is 0.467. The van der Waals surface area contributed by atoms with E-state index in [-0.39, 0.29) is 17.1 Å². The van der Waals surface area contributed by atoms with Gasteiger partial charge in [-0.3, -0.25) is 19.8 Å². The van der Waals surface area contributed by atoms with E-state index in [9.17, 15) is 38.0 Å². The number of rotatable bonds is 4.